The van der Waals surface area contributed by atoms with Gasteiger partial charge in [0.05, 0.1) is 6.61 Å². The molecule has 2 rings (SSSR count). The molecule has 0 atom stereocenters. The number of hydrogen-bond donors (Lipinski definition) is 0. The summed E-state index contributed by atoms with van der Waals surface area (Å²) in [6.07, 6.45) is 5.22. The van der Waals surface area contributed by atoms with Gasteiger partial charge < -0.3 is 4.74 Å². The van der Waals surface area contributed by atoms with Crippen molar-refractivity contribution in [1.82, 2.24) is 0 Å². The predicted octanol–water partition coefficient (Wildman–Crippen LogP) is 2.71. The summed E-state index contributed by atoms with van der Waals surface area (Å²) >= 11 is 0. The average molecular weight is 228 g/mol. The SMILES string of the molecule is CCc1ccc[n+](COCc2ccccc2)c1. The lowest BCUT2D eigenvalue weighted by atomic mass is 10.2. The van der Waals surface area contributed by atoms with Gasteiger partial charge in [-0.15, -0.1) is 0 Å². The van der Waals surface area contributed by atoms with Crippen LogP contribution in [0.4, 0.5) is 0 Å². The molecule has 0 amide bonds. The van der Waals surface area contributed by atoms with Crippen molar-refractivity contribution >= 4 is 0 Å². The maximum Gasteiger partial charge on any atom is 0.252 e. The molecule has 1 heterocycles. The normalized spacial score (nSPS) is 10.4. The van der Waals surface area contributed by atoms with Gasteiger partial charge in [0.15, 0.2) is 12.4 Å². The number of rotatable bonds is 5. The highest BCUT2D eigenvalue weighted by atomic mass is 16.5. The Kier molecular flexibility index (Phi) is 4.28. The third kappa shape index (κ3) is 3.68. The number of pyridine rings is 1. The maximum absolute atomic E-state index is 5.67. The Labute approximate surface area is 102 Å². The first kappa shape index (κ1) is 11.8. The van der Waals surface area contributed by atoms with Gasteiger partial charge >= 0.3 is 0 Å². The molecule has 0 radical (unpaired) electrons. The summed E-state index contributed by atoms with van der Waals surface area (Å²) in [6, 6.07) is 14.4. The molecule has 2 aromatic rings. The zero-order valence-electron chi connectivity index (χ0n) is 10.2. The van der Waals surface area contributed by atoms with Crippen LogP contribution in [-0.2, 0) is 24.5 Å². The fraction of sp³-hybridized carbons (Fsp3) is 0.267. The van der Waals surface area contributed by atoms with Crippen molar-refractivity contribution in [2.75, 3.05) is 0 Å². The van der Waals surface area contributed by atoms with Crippen molar-refractivity contribution in [2.24, 2.45) is 0 Å². The largest absolute Gasteiger partial charge is 0.318 e. The maximum atomic E-state index is 5.67. The molecular weight excluding hydrogens is 210 g/mol. The summed E-state index contributed by atoms with van der Waals surface area (Å²) in [5, 5.41) is 0. The van der Waals surface area contributed by atoms with E-state index < -0.39 is 0 Å². The summed E-state index contributed by atoms with van der Waals surface area (Å²) in [7, 11) is 0. The van der Waals surface area contributed by atoms with E-state index in [-0.39, 0.29) is 0 Å². The van der Waals surface area contributed by atoms with E-state index in [0.29, 0.717) is 13.3 Å². The highest BCUT2D eigenvalue weighted by Crippen LogP contribution is 2.00. The number of aryl methyl sites for hydroxylation is 1. The third-order valence-corrected chi connectivity index (χ3v) is 2.68. The summed E-state index contributed by atoms with van der Waals surface area (Å²) in [4.78, 5) is 0. The second-order valence-electron chi connectivity index (χ2n) is 4.04. The van der Waals surface area contributed by atoms with Crippen molar-refractivity contribution in [3.05, 3.63) is 66.0 Å². The Hall–Kier alpha value is -1.67. The van der Waals surface area contributed by atoms with E-state index in [1.165, 1.54) is 11.1 Å². The van der Waals surface area contributed by atoms with Crippen LogP contribution in [0.25, 0.3) is 0 Å². The first-order chi connectivity index (χ1) is 8.38. The minimum absolute atomic E-state index is 0.600. The molecular formula is C15H18NO+. The average Bonchev–Trinajstić information content (AvgIpc) is 2.40. The van der Waals surface area contributed by atoms with Crippen LogP contribution in [0.15, 0.2) is 54.9 Å². The number of benzene rings is 1. The molecule has 2 heteroatoms. The predicted molar refractivity (Wildman–Crippen MR) is 67.2 cm³/mol. The van der Waals surface area contributed by atoms with Crippen LogP contribution in [0.1, 0.15) is 18.1 Å². The lowest BCUT2D eigenvalue weighted by Crippen LogP contribution is -2.34. The Morgan fingerprint density at radius 3 is 2.53 bits per heavy atom. The van der Waals surface area contributed by atoms with E-state index in [0.717, 1.165) is 6.42 Å². The first-order valence-electron chi connectivity index (χ1n) is 5.98. The third-order valence-electron chi connectivity index (χ3n) is 2.68. The minimum atomic E-state index is 0.600. The van der Waals surface area contributed by atoms with Gasteiger partial charge in [-0.25, -0.2) is 0 Å². The highest BCUT2D eigenvalue weighted by Gasteiger charge is 2.01. The number of hydrogen-bond acceptors (Lipinski definition) is 1. The Morgan fingerprint density at radius 1 is 1.00 bits per heavy atom. The van der Waals surface area contributed by atoms with Crippen LogP contribution in [0.3, 0.4) is 0 Å². The second kappa shape index (κ2) is 6.16. The minimum Gasteiger partial charge on any atom is -0.318 e. The summed E-state index contributed by atoms with van der Waals surface area (Å²) in [5.74, 6) is 0. The molecule has 0 fully saturated rings. The Bertz CT molecular complexity index is 453. The van der Waals surface area contributed by atoms with E-state index in [1.54, 1.807) is 0 Å². The van der Waals surface area contributed by atoms with E-state index in [9.17, 15) is 0 Å². The Balaban J connectivity index is 1.86. The zero-order valence-corrected chi connectivity index (χ0v) is 10.2. The molecule has 0 bridgehead atoms. The highest BCUT2D eigenvalue weighted by molar-refractivity contribution is 5.13. The van der Waals surface area contributed by atoms with E-state index in [1.807, 2.05) is 24.4 Å². The van der Waals surface area contributed by atoms with E-state index in [2.05, 4.69) is 42.0 Å². The van der Waals surface area contributed by atoms with Crippen molar-refractivity contribution in [1.29, 1.82) is 0 Å². The van der Waals surface area contributed by atoms with E-state index in [4.69, 9.17) is 4.74 Å². The smallest absolute Gasteiger partial charge is 0.252 e. The van der Waals surface area contributed by atoms with Gasteiger partial charge in [0, 0.05) is 11.6 Å². The summed E-state index contributed by atoms with van der Waals surface area (Å²) in [6.45, 7) is 3.41. The molecule has 0 unspecified atom stereocenters. The lowest BCUT2D eigenvalue weighted by molar-refractivity contribution is -0.734. The van der Waals surface area contributed by atoms with Crippen LogP contribution in [0, 0.1) is 0 Å². The fourth-order valence-corrected chi connectivity index (χ4v) is 1.71. The number of nitrogens with zero attached hydrogens (tertiary/aromatic N) is 1. The molecule has 0 spiro atoms. The van der Waals surface area contributed by atoms with Gasteiger partial charge in [-0.05, 0) is 18.1 Å². The number of aromatic nitrogens is 1. The second-order valence-corrected chi connectivity index (χ2v) is 4.04. The molecule has 0 aliphatic heterocycles. The quantitative estimate of drug-likeness (QED) is 0.717. The van der Waals surface area contributed by atoms with Crippen molar-refractivity contribution < 1.29 is 9.30 Å². The first-order valence-corrected chi connectivity index (χ1v) is 5.98. The van der Waals surface area contributed by atoms with Gasteiger partial charge in [0.1, 0.15) is 0 Å². The molecule has 1 aromatic heterocycles. The van der Waals surface area contributed by atoms with Crippen molar-refractivity contribution in [3.8, 4) is 0 Å². The van der Waals surface area contributed by atoms with Gasteiger partial charge in [-0.1, -0.05) is 37.3 Å². The standard InChI is InChI=1S/C15H18NO/c1-2-14-9-6-10-16(11-14)13-17-12-15-7-4-3-5-8-15/h3-11H,2,12-13H2,1H3/q+1. The van der Waals surface area contributed by atoms with Crippen LogP contribution >= 0.6 is 0 Å². The molecule has 0 aliphatic carbocycles. The summed E-state index contributed by atoms with van der Waals surface area (Å²) in [5.41, 5.74) is 2.54. The molecule has 88 valence electrons. The molecule has 0 saturated heterocycles. The van der Waals surface area contributed by atoms with Gasteiger partial charge in [0.25, 0.3) is 6.73 Å². The van der Waals surface area contributed by atoms with Gasteiger partial charge in [-0.3, -0.25) is 0 Å². The van der Waals surface area contributed by atoms with Gasteiger partial charge in [0.2, 0.25) is 0 Å². The summed E-state index contributed by atoms with van der Waals surface area (Å²) < 4.78 is 7.74. The van der Waals surface area contributed by atoms with E-state index >= 15 is 0 Å². The van der Waals surface area contributed by atoms with Gasteiger partial charge in [-0.2, -0.15) is 4.57 Å². The number of ether oxygens (including phenoxy) is 1. The topological polar surface area (TPSA) is 13.1 Å². The van der Waals surface area contributed by atoms with Crippen molar-refractivity contribution in [2.45, 2.75) is 26.7 Å². The Morgan fingerprint density at radius 2 is 1.76 bits per heavy atom. The zero-order chi connectivity index (χ0) is 11.9. The van der Waals surface area contributed by atoms with Crippen LogP contribution < -0.4 is 4.57 Å². The van der Waals surface area contributed by atoms with Crippen LogP contribution in [-0.4, -0.2) is 0 Å². The fourth-order valence-electron chi connectivity index (χ4n) is 1.71. The van der Waals surface area contributed by atoms with Crippen LogP contribution in [0.5, 0.6) is 0 Å². The molecule has 0 N–H and O–H groups in total. The molecule has 0 aliphatic rings. The molecule has 0 saturated carbocycles. The lowest BCUT2D eigenvalue weighted by Gasteiger charge is -2.02. The molecule has 1 aromatic carbocycles. The monoisotopic (exact) mass is 228 g/mol. The van der Waals surface area contributed by atoms with Crippen molar-refractivity contribution in [3.63, 3.8) is 0 Å². The molecule has 2 nitrogen and oxygen atoms in total. The van der Waals surface area contributed by atoms with Crippen LogP contribution in [0.2, 0.25) is 0 Å². The molecule has 17 heavy (non-hydrogen) atoms.